The number of nitrogens with two attached hydrogens (primary N) is 1. The third-order valence-electron chi connectivity index (χ3n) is 3.26. The van der Waals surface area contributed by atoms with Crippen molar-refractivity contribution in [2.75, 3.05) is 5.32 Å². The maximum Gasteiger partial charge on any atom is 0.159 e. The zero-order valence-electron chi connectivity index (χ0n) is 11.7. The van der Waals surface area contributed by atoms with Crippen LogP contribution in [0.1, 0.15) is 35.3 Å². The van der Waals surface area contributed by atoms with Crippen LogP contribution in [0.15, 0.2) is 24.5 Å². The number of aryl methyl sites for hydroxylation is 1. The Morgan fingerprint density at radius 1 is 1.25 bits per heavy atom. The number of thiocarbonyl (C=S) groups is 1. The predicted octanol–water partition coefficient (Wildman–Crippen LogP) is 2.30. The summed E-state index contributed by atoms with van der Waals surface area (Å²) in [5.41, 5.74) is 9.46. The Balaban J connectivity index is 2.35. The van der Waals surface area contributed by atoms with Gasteiger partial charge in [0.15, 0.2) is 5.82 Å². The lowest BCUT2D eigenvalue weighted by molar-refractivity contribution is 0.848. The second-order valence-corrected chi connectivity index (χ2v) is 5.08. The van der Waals surface area contributed by atoms with Gasteiger partial charge in [0, 0.05) is 12.4 Å². The molecule has 0 bridgehead atoms. The molecule has 20 heavy (non-hydrogen) atoms. The lowest BCUT2D eigenvalue weighted by Crippen LogP contribution is -2.19. The highest BCUT2D eigenvalue weighted by Crippen LogP contribution is 2.23. The summed E-state index contributed by atoms with van der Waals surface area (Å²) < 4.78 is 0. The van der Waals surface area contributed by atoms with E-state index in [-0.39, 0.29) is 6.04 Å². The van der Waals surface area contributed by atoms with Gasteiger partial charge in [-0.3, -0.25) is 4.98 Å². The first-order valence-electron chi connectivity index (χ1n) is 6.31. The monoisotopic (exact) mass is 287 g/mol. The molecule has 2 heterocycles. The van der Waals surface area contributed by atoms with Crippen LogP contribution in [0.4, 0.5) is 5.82 Å². The molecule has 5 nitrogen and oxygen atoms in total. The Labute approximate surface area is 123 Å². The molecular weight excluding hydrogens is 270 g/mol. The molecule has 104 valence electrons. The molecule has 0 amide bonds. The summed E-state index contributed by atoms with van der Waals surface area (Å²) in [6.07, 6.45) is 3.52. The minimum absolute atomic E-state index is 0.0579. The fourth-order valence-corrected chi connectivity index (χ4v) is 2.20. The van der Waals surface area contributed by atoms with E-state index >= 15 is 0 Å². The lowest BCUT2D eigenvalue weighted by Gasteiger charge is -2.18. The van der Waals surface area contributed by atoms with Gasteiger partial charge in [-0.2, -0.15) is 5.10 Å². The molecule has 2 aromatic rings. The average molecular weight is 287 g/mol. The van der Waals surface area contributed by atoms with Gasteiger partial charge < -0.3 is 11.1 Å². The Hall–Kier alpha value is -2.08. The third kappa shape index (κ3) is 2.91. The van der Waals surface area contributed by atoms with Gasteiger partial charge in [-0.05, 0) is 44.0 Å². The number of anilines is 1. The number of hydrogen-bond donors (Lipinski definition) is 2. The van der Waals surface area contributed by atoms with Crippen LogP contribution in [-0.2, 0) is 0 Å². The zero-order chi connectivity index (χ0) is 14.7. The highest BCUT2D eigenvalue weighted by atomic mass is 32.1. The van der Waals surface area contributed by atoms with Crippen LogP contribution in [0.5, 0.6) is 0 Å². The molecule has 6 heteroatoms. The quantitative estimate of drug-likeness (QED) is 0.840. The first-order valence-corrected chi connectivity index (χ1v) is 6.71. The summed E-state index contributed by atoms with van der Waals surface area (Å²) >= 11 is 5.13. The SMILES string of the molecule is Cc1nnc(NC(C)c2ccncc2)c(C(N)=S)c1C. The van der Waals surface area contributed by atoms with Crippen molar-refractivity contribution in [3.63, 3.8) is 0 Å². The van der Waals surface area contributed by atoms with Crippen LogP contribution >= 0.6 is 12.2 Å². The van der Waals surface area contributed by atoms with E-state index in [0.29, 0.717) is 10.8 Å². The minimum atomic E-state index is 0.0579. The molecule has 0 radical (unpaired) electrons. The number of hydrogen-bond acceptors (Lipinski definition) is 5. The van der Waals surface area contributed by atoms with Gasteiger partial charge in [0.2, 0.25) is 0 Å². The molecule has 0 aromatic carbocycles. The summed E-state index contributed by atoms with van der Waals surface area (Å²) in [6, 6.07) is 3.96. The Morgan fingerprint density at radius 3 is 2.50 bits per heavy atom. The van der Waals surface area contributed by atoms with E-state index in [0.717, 1.165) is 22.4 Å². The average Bonchev–Trinajstić information content (AvgIpc) is 2.43. The minimum Gasteiger partial charge on any atom is -0.389 e. The fraction of sp³-hybridized carbons (Fsp3) is 0.286. The number of nitrogens with zero attached hydrogens (tertiary/aromatic N) is 3. The molecule has 2 rings (SSSR count). The van der Waals surface area contributed by atoms with E-state index in [1.165, 1.54) is 0 Å². The first-order chi connectivity index (χ1) is 9.50. The van der Waals surface area contributed by atoms with Gasteiger partial charge >= 0.3 is 0 Å². The van der Waals surface area contributed by atoms with E-state index in [2.05, 4.69) is 20.5 Å². The van der Waals surface area contributed by atoms with Crippen molar-refractivity contribution in [2.45, 2.75) is 26.8 Å². The molecule has 0 aliphatic rings. The number of aromatic nitrogens is 3. The standard InChI is InChI=1S/C14H17N5S/c1-8-9(2)18-19-14(12(8)13(15)20)17-10(3)11-4-6-16-7-5-11/h4-7,10H,1-3H3,(H2,15,20)(H,17,19). The van der Waals surface area contributed by atoms with Gasteiger partial charge in [-0.15, -0.1) is 5.10 Å². The number of pyridine rings is 1. The van der Waals surface area contributed by atoms with Crippen LogP contribution < -0.4 is 11.1 Å². The zero-order valence-corrected chi connectivity index (χ0v) is 12.5. The summed E-state index contributed by atoms with van der Waals surface area (Å²) in [5, 5.41) is 11.6. The van der Waals surface area contributed by atoms with Crippen molar-refractivity contribution in [3.8, 4) is 0 Å². The van der Waals surface area contributed by atoms with Crippen LogP contribution in [-0.4, -0.2) is 20.2 Å². The van der Waals surface area contributed by atoms with Crippen LogP contribution in [0.25, 0.3) is 0 Å². The molecular formula is C14H17N5S. The Kier molecular flexibility index (Phi) is 4.24. The molecule has 0 aliphatic carbocycles. The molecule has 1 atom stereocenters. The summed E-state index contributed by atoms with van der Waals surface area (Å²) in [4.78, 5) is 4.33. The van der Waals surface area contributed by atoms with Crippen molar-refractivity contribution < 1.29 is 0 Å². The summed E-state index contributed by atoms with van der Waals surface area (Å²) in [5.74, 6) is 0.616. The Bertz CT molecular complexity index is 627. The fourth-order valence-electron chi connectivity index (χ4n) is 1.95. The predicted molar refractivity (Wildman–Crippen MR) is 83.7 cm³/mol. The molecule has 3 N–H and O–H groups in total. The maximum atomic E-state index is 5.81. The van der Waals surface area contributed by atoms with Gasteiger partial charge in [0.25, 0.3) is 0 Å². The third-order valence-corrected chi connectivity index (χ3v) is 3.46. The van der Waals surface area contributed by atoms with E-state index in [9.17, 15) is 0 Å². The smallest absolute Gasteiger partial charge is 0.159 e. The number of rotatable bonds is 4. The van der Waals surface area contributed by atoms with Crippen LogP contribution in [0.2, 0.25) is 0 Å². The van der Waals surface area contributed by atoms with Crippen molar-refractivity contribution >= 4 is 23.0 Å². The van der Waals surface area contributed by atoms with Crippen molar-refractivity contribution in [3.05, 3.63) is 46.9 Å². The van der Waals surface area contributed by atoms with Crippen LogP contribution in [0.3, 0.4) is 0 Å². The molecule has 0 spiro atoms. The van der Waals surface area contributed by atoms with E-state index in [1.807, 2.05) is 32.9 Å². The highest BCUT2D eigenvalue weighted by molar-refractivity contribution is 7.80. The molecule has 0 saturated carbocycles. The van der Waals surface area contributed by atoms with Crippen molar-refractivity contribution in [1.82, 2.24) is 15.2 Å². The largest absolute Gasteiger partial charge is 0.389 e. The van der Waals surface area contributed by atoms with E-state index < -0.39 is 0 Å². The Morgan fingerprint density at radius 2 is 1.90 bits per heavy atom. The van der Waals surface area contributed by atoms with Gasteiger partial charge in [-0.25, -0.2) is 0 Å². The van der Waals surface area contributed by atoms with Gasteiger partial charge in [0.05, 0.1) is 17.3 Å². The molecule has 2 aromatic heterocycles. The second-order valence-electron chi connectivity index (χ2n) is 4.64. The maximum absolute atomic E-state index is 5.81. The number of nitrogens with one attached hydrogen (secondary N) is 1. The molecule has 0 fully saturated rings. The first kappa shape index (κ1) is 14.3. The highest BCUT2D eigenvalue weighted by Gasteiger charge is 2.15. The normalized spacial score (nSPS) is 11.9. The summed E-state index contributed by atoms with van der Waals surface area (Å²) in [7, 11) is 0. The molecule has 0 saturated heterocycles. The van der Waals surface area contributed by atoms with E-state index in [4.69, 9.17) is 18.0 Å². The van der Waals surface area contributed by atoms with Crippen molar-refractivity contribution in [2.24, 2.45) is 5.73 Å². The van der Waals surface area contributed by atoms with Gasteiger partial charge in [-0.1, -0.05) is 12.2 Å². The van der Waals surface area contributed by atoms with Crippen molar-refractivity contribution in [1.29, 1.82) is 0 Å². The summed E-state index contributed by atoms with van der Waals surface area (Å²) in [6.45, 7) is 5.87. The lowest BCUT2D eigenvalue weighted by atomic mass is 10.1. The molecule has 1 unspecified atom stereocenters. The van der Waals surface area contributed by atoms with Gasteiger partial charge in [0.1, 0.15) is 4.99 Å². The van der Waals surface area contributed by atoms with Crippen LogP contribution in [0, 0.1) is 13.8 Å². The van der Waals surface area contributed by atoms with E-state index in [1.54, 1.807) is 12.4 Å². The second kappa shape index (κ2) is 5.92. The molecule has 0 aliphatic heterocycles. The topological polar surface area (TPSA) is 76.7 Å².